The summed E-state index contributed by atoms with van der Waals surface area (Å²) in [5, 5.41) is 0. The van der Waals surface area contributed by atoms with Crippen LogP contribution in [-0.4, -0.2) is 65.5 Å². The Bertz CT molecular complexity index is 765. The number of fused-ring (bicyclic) bond motifs is 2. The molecule has 0 aliphatic carbocycles. The molecule has 1 aromatic carbocycles. The predicted octanol–water partition coefficient (Wildman–Crippen LogP) is 3.71. The summed E-state index contributed by atoms with van der Waals surface area (Å²) in [7, 11) is 0. The Morgan fingerprint density at radius 3 is 2.40 bits per heavy atom. The quantitative estimate of drug-likeness (QED) is 0.754. The van der Waals surface area contributed by atoms with E-state index in [9.17, 15) is 9.59 Å². The van der Waals surface area contributed by atoms with Crippen LogP contribution in [0, 0.1) is 0 Å². The van der Waals surface area contributed by atoms with Gasteiger partial charge >= 0.3 is 12.2 Å². The van der Waals surface area contributed by atoms with Crippen LogP contribution in [0.4, 0.5) is 9.59 Å². The zero-order valence-electron chi connectivity index (χ0n) is 17.3. The maximum atomic E-state index is 12.8. The van der Waals surface area contributed by atoms with Gasteiger partial charge < -0.3 is 24.0 Å². The third-order valence-corrected chi connectivity index (χ3v) is 7.23. The molecule has 7 heteroatoms. The maximum Gasteiger partial charge on any atom is 0.410 e. The monoisotopic (exact) mass is 414 g/mol. The van der Waals surface area contributed by atoms with Crippen LogP contribution in [0.25, 0.3) is 0 Å². The van der Waals surface area contributed by atoms with Crippen LogP contribution in [0.2, 0.25) is 0 Å². The number of rotatable bonds is 3. The second-order valence-corrected chi connectivity index (χ2v) is 9.08. The molecular formula is C23H30N2O5. The van der Waals surface area contributed by atoms with Crippen molar-refractivity contribution in [1.29, 1.82) is 0 Å². The normalized spacial score (nSPS) is 31.7. The average molecular weight is 415 g/mol. The minimum Gasteiger partial charge on any atom is -0.445 e. The summed E-state index contributed by atoms with van der Waals surface area (Å²) in [6.45, 7) is 2.45. The molecule has 30 heavy (non-hydrogen) atoms. The summed E-state index contributed by atoms with van der Waals surface area (Å²) in [5.41, 5.74) is 0.557. The molecule has 4 saturated heterocycles. The van der Waals surface area contributed by atoms with E-state index in [-0.39, 0.29) is 36.9 Å². The number of carbonyl (C=O) groups excluding carboxylic acids is 2. The van der Waals surface area contributed by atoms with E-state index in [0.29, 0.717) is 13.2 Å². The van der Waals surface area contributed by atoms with Gasteiger partial charge in [-0.05, 0) is 31.2 Å². The van der Waals surface area contributed by atoms with Gasteiger partial charge in [-0.1, -0.05) is 30.3 Å². The molecule has 1 spiro atoms. The number of benzene rings is 1. The van der Waals surface area contributed by atoms with Crippen molar-refractivity contribution >= 4 is 12.2 Å². The van der Waals surface area contributed by atoms with Gasteiger partial charge in [0, 0.05) is 57.1 Å². The van der Waals surface area contributed by atoms with Crippen LogP contribution >= 0.6 is 0 Å². The second kappa shape index (κ2) is 8.10. The van der Waals surface area contributed by atoms with Crippen LogP contribution in [0.3, 0.4) is 0 Å². The number of nitrogens with zero attached hydrogens (tertiary/aromatic N) is 2. The van der Waals surface area contributed by atoms with E-state index in [0.717, 1.165) is 57.1 Å². The molecule has 2 bridgehead atoms. The minimum atomic E-state index is -0.430. The zero-order chi connectivity index (χ0) is 20.6. The Morgan fingerprint density at radius 1 is 1.03 bits per heavy atom. The molecule has 4 heterocycles. The first-order chi connectivity index (χ1) is 14.6. The SMILES string of the molecule is O=C1OC2(CCN1C1CCOCC1)CC1CCC(C2)N1C(=O)OCc1ccccc1. The maximum absolute atomic E-state index is 12.8. The highest BCUT2D eigenvalue weighted by molar-refractivity contribution is 5.71. The average Bonchev–Trinajstić information content (AvgIpc) is 3.05. The standard InChI is InChI=1S/C23H30N2O5/c26-21-24(18-8-12-28-13-9-18)11-10-23(30-21)14-19-6-7-20(15-23)25(19)22(27)29-16-17-4-2-1-3-5-17/h1-5,18-20H,6-16H2. The third kappa shape index (κ3) is 3.75. The number of ether oxygens (including phenoxy) is 3. The first-order valence-electron chi connectivity index (χ1n) is 11.2. The highest BCUT2D eigenvalue weighted by Crippen LogP contribution is 2.46. The molecule has 0 saturated carbocycles. The molecule has 2 unspecified atom stereocenters. The van der Waals surface area contributed by atoms with Gasteiger partial charge in [-0.3, -0.25) is 0 Å². The number of hydrogen-bond donors (Lipinski definition) is 0. The van der Waals surface area contributed by atoms with E-state index in [1.807, 2.05) is 40.1 Å². The summed E-state index contributed by atoms with van der Waals surface area (Å²) >= 11 is 0. The molecular weight excluding hydrogens is 384 g/mol. The Balaban J connectivity index is 1.20. The topological polar surface area (TPSA) is 68.3 Å². The van der Waals surface area contributed by atoms with Crippen LogP contribution in [0.5, 0.6) is 0 Å². The summed E-state index contributed by atoms with van der Waals surface area (Å²) in [5.74, 6) is 0. The van der Waals surface area contributed by atoms with E-state index >= 15 is 0 Å². The molecule has 2 atom stereocenters. The summed E-state index contributed by atoms with van der Waals surface area (Å²) < 4.78 is 17.1. The highest BCUT2D eigenvalue weighted by atomic mass is 16.6. The Labute approximate surface area is 177 Å². The van der Waals surface area contributed by atoms with Crippen molar-refractivity contribution < 1.29 is 23.8 Å². The molecule has 7 nitrogen and oxygen atoms in total. The summed E-state index contributed by atoms with van der Waals surface area (Å²) in [6.07, 6.45) is 5.52. The number of carbonyl (C=O) groups is 2. The Hall–Kier alpha value is -2.28. The van der Waals surface area contributed by atoms with Crippen LogP contribution in [0.1, 0.15) is 50.5 Å². The highest BCUT2D eigenvalue weighted by Gasteiger charge is 2.54. The number of hydrogen-bond acceptors (Lipinski definition) is 5. The van der Waals surface area contributed by atoms with Crippen LogP contribution in [-0.2, 0) is 20.8 Å². The van der Waals surface area contributed by atoms with Crippen molar-refractivity contribution in [3.63, 3.8) is 0 Å². The van der Waals surface area contributed by atoms with Gasteiger partial charge in [0.05, 0.1) is 0 Å². The Kier molecular flexibility index (Phi) is 5.31. The summed E-state index contributed by atoms with van der Waals surface area (Å²) in [6, 6.07) is 10.2. The summed E-state index contributed by atoms with van der Waals surface area (Å²) in [4.78, 5) is 29.4. The number of amides is 2. The third-order valence-electron chi connectivity index (χ3n) is 7.23. The van der Waals surface area contributed by atoms with Gasteiger partial charge in [0.1, 0.15) is 12.2 Å². The largest absolute Gasteiger partial charge is 0.445 e. The molecule has 0 N–H and O–H groups in total. The lowest BCUT2D eigenvalue weighted by molar-refractivity contribution is -0.106. The van der Waals surface area contributed by atoms with Gasteiger partial charge in [0.15, 0.2) is 0 Å². The van der Waals surface area contributed by atoms with E-state index in [4.69, 9.17) is 14.2 Å². The molecule has 0 aromatic heterocycles. The van der Waals surface area contributed by atoms with Crippen molar-refractivity contribution in [2.45, 2.75) is 75.3 Å². The van der Waals surface area contributed by atoms with Gasteiger partial charge in [-0.15, -0.1) is 0 Å². The fourth-order valence-electron chi connectivity index (χ4n) is 5.72. The molecule has 0 radical (unpaired) electrons. The van der Waals surface area contributed by atoms with Crippen molar-refractivity contribution in [3.05, 3.63) is 35.9 Å². The van der Waals surface area contributed by atoms with Gasteiger partial charge in [-0.2, -0.15) is 0 Å². The second-order valence-electron chi connectivity index (χ2n) is 9.08. The molecule has 1 aromatic rings. The minimum absolute atomic E-state index is 0.0921. The van der Waals surface area contributed by atoms with Crippen LogP contribution < -0.4 is 0 Å². The molecule has 4 aliphatic heterocycles. The molecule has 4 aliphatic rings. The van der Waals surface area contributed by atoms with Gasteiger partial charge in [0.25, 0.3) is 0 Å². The lowest BCUT2D eigenvalue weighted by Gasteiger charge is -2.50. The zero-order valence-corrected chi connectivity index (χ0v) is 17.3. The predicted molar refractivity (Wildman–Crippen MR) is 109 cm³/mol. The van der Waals surface area contributed by atoms with E-state index in [2.05, 4.69) is 0 Å². The van der Waals surface area contributed by atoms with Gasteiger partial charge in [-0.25, -0.2) is 9.59 Å². The first-order valence-corrected chi connectivity index (χ1v) is 11.2. The smallest absolute Gasteiger partial charge is 0.410 e. The van der Waals surface area contributed by atoms with E-state index < -0.39 is 5.60 Å². The fourth-order valence-corrected chi connectivity index (χ4v) is 5.72. The van der Waals surface area contributed by atoms with Crippen molar-refractivity contribution in [1.82, 2.24) is 9.80 Å². The van der Waals surface area contributed by atoms with E-state index in [1.165, 1.54) is 0 Å². The fraction of sp³-hybridized carbons (Fsp3) is 0.652. The van der Waals surface area contributed by atoms with Gasteiger partial charge in [0.2, 0.25) is 0 Å². The lowest BCUT2D eigenvalue weighted by Crippen LogP contribution is -2.60. The van der Waals surface area contributed by atoms with Crippen molar-refractivity contribution in [3.8, 4) is 0 Å². The first kappa shape index (κ1) is 19.7. The van der Waals surface area contributed by atoms with Crippen molar-refractivity contribution in [2.75, 3.05) is 19.8 Å². The molecule has 162 valence electrons. The molecule has 5 rings (SSSR count). The number of piperidine rings is 1. The lowest BCUT2D eigenvalue weighted by atomic mass is 9.82. The molecule has 4 fully saturated rings. The van der Waals surface area contributed by atoms with E-state index in [1.54, 1.807) is 0 Å². The van der Waals surface area contributed by atoms with Crippen LogP contribution in [0.15, 0.2) is 30.3 Å². The van der Waals surface area contributed by atoms with Crippen molar-refractivity contribution in [2.24, 2.45) is 0 Å². The Morgan fingerprint density at radius 2 is 1.73 bits per heavy atom. The molecule has 2 amide bonds.